The van der Waals surface area contributed by atoms with Gasteiger partial charge < -0.3 is 19.9 Å². The van der Waals surface area contributed by atoms with Crippen LogP contribution in [0.25, 0.3) is 17.1 Å². The van der Waals surface area contributed by atoms with E-state index in [4.69, 9.17) is 4.74 Å². The van der Waals surface area contributed by atoms with Crippen LogP contribution in [-0.2, 0) is 9.53 Å². The largest absolute Gasteiger partial charge is 0.573 e. The lowest BCUT2D eigenvalue weighted by molar-refractivity contribution is -0.274. The van der Waals surface area contributed by atoms with Gasteiger partial charge in [0.1, 0.15) is 17.8 Å². The number of nitrogens with zero attached hydrogens (tertiary/aromatic N) is 5. The van der Waals surface area contributed by atoms with Crippen molar-refractivity contribution < 1.29 is 37.3 Å². The van der Waals surface area contributed by atoms with Crippen molar-refractivity contribution in [2.24, 2.45) is 4.99 Å². The fourth-order valence-corrected chi connectivity index (χ4v) is 5.40. The van der Waals surface area contributed by atoms with Gasteiger partial charge in [-0.15, -0.1) is 18.3 Å². The van der Waals surface area contributed by atoms with Crippen LogP contribution >= 0.6 is 11.8 Å². The van der Waals surface area contributed by atoms with Crippen LogP contribution in [0.5, 0.6) is 11.5 Å². The molecule has 3 aromatic carbocycles. The molecule has 0 bridgehead atoms. The Bertz CT molecular complexity index is 1760. The Morgan fingerprint density at radius 2 is 1.91 bits per heavy atom. The number of thioether (sulfide) groups is 1. The van der Waals surface area contributed by atoms with E-state index >= 15 is 0 Å². The Hall–Kier alpha value is -4.89. The van der Waals surface area contributed by atoms with Crippen LogP contribution < -0.4 is 15.0 Å². The molecule has 2 heterocycles. The highest BCUT2D eigenvalue weighted by atomic mass is 32.2. The molecule has 1 aromatic heterocycles. The zero-order valence-corrected chi connectivity index (χ0v) is 25.0. The molecule has 1 fully saturated rings. The van der Waals surface area contributed by atoms with Gasteiger partial charge in [0.25, 0.3) is 0 Å². The van der Waals surface area contributed by atoms with Gasteiger partial charge in [0, 0.05) is 17.7 Å². The lowest BCUT2D eigenvalue weighted by Crippen LogP contribution is -2.31. The molecule has 0 radical (unpaired) electrons. The van der Waals surface area contributed by atoms with Crippen molar-refractivity contribution in [3.8, 4) is 28.6 Å². The number of aromatic hydroxyl groups is 1. The summed E-state index contributed by atoms with van der Waals surface area (Å²) in [7, 11) is 0. The summed E-state index contributed by atoms with van der Waals surface area (Å²) in [6.07, 6.45) is -3.74. The Morgan fingerprint density at radius 3 is 2.60 bits per heavy atom. The molecule has 45 heavy (non-hydrogen) atoms. The molecule has 4 aromatic rings. The maximum Gasteiger partial charge on any atom is 0.573 e. The van der Waals surface area contributed by atoms with Crippen LogP contribution in [-0.4, -0.2) is 55.7 Å². The molecule has 1 aliphatic rings. The number of anilines is 2. The number of phenols is 1. The number of phenolic OH excluding ortho intramolecular Hbond substituents is 1. The maximum absolute atomic E-state index is 12.9. The standard InChI is InChI=1S/C30H27F3N6O5S/c1-4-43-18(3)22-11-5-17(2)13-24(22)39-26(41)15-45-29(39)36-28(42)35-23-12-6-19(14-25(23)40)27-34-16-38(37-27)20-7-9-21(10-8-20)44-30(31,32)33/h5-14,16,18,40H,4,15H2,1-3H3,(H,35,42). The minimum Gasteiger partial charge on any atom is -0.506 e. The average molecular weight is 641 g/mol. The number of aryl methyl sites for hydroxylation is 1. The van der Waals surface area contributed by atoms with Gasteiger partial charge in [0.05, 0.1) is 28.9 Å². The van der Waals surface area contributed by atoms with Gasteiger partial charge in [-0.05, 0) is 74.9 Å². The Labute approximate surface area is 259 Å². The van der Waals surface area contributed by atoms with Crippen molar-refractivity contribution in [2.45, 2.75) is 33.2 Å². The summed E-state index contributed by atoms with van der Waals surface area (Å²) >= 11 is 1.13. The van der Waals surface area contributed by atoms with Crippen LogP contribution in [0.3, 0.4) is 0 Å². The van der Waals surface area contributed by atoms with Gasteiger partial charge in [-0.2, -0.15) is 4.99 Å². The summed E-state index contributed by atoms with van der Waals surface area (Å²) in [5.41, 5.74) is 3.19. The smallest absolute Gasteiger partial charge is 0.506 e. The van der Waals surface area contributed by atoms with E-state index in [0.29, 0.717) is 23.5 Å². The molecule has 11 nitrogen and oxygen atoms in total. The number of carbonyl (C=O) groups excluding carboxylic acids is 2. The fourth-order valence-electron chi connectivity index (χ4n) is 4.54. The minimum absolute atomic E-state index is 0.0647. The number of hydrogen-bond acceptors (Lipinski definition) is 8. The van der Waals surface area contributed by atoms with Crippen LogP contribution in [0.15, 0.2) is 72.0 Å². The molecule has 0 saturated carbocycles. The zero-order chi connectivity index (χ0) is 32.3. The molecular weight excluding hydrogens is 613 g/mol. The van der Waals surface area contributed by atoms with Gasteiger partial charge >= 0.3 is 12.4 Å². The summed E-state index contributed by atoms with van der Waals surface area (Å²) in [4.78, 5) is 35.6. The lowest BCUT2D eigenvalue weighted by atomic mass is 10.0. The topological polar surface area (TPSA) is 131 Å². The third-order valence-corrected chi connectivity index (χ3v) is 7.49. The molecule has 2 N–H and O–H groups in total. The molecule has 1 unspecified atom stereocenters. The molecular formula is C30H27F3N6O5S. The van der Waals surface area contributed by atoms with E-state index in [-0.39, 0.29) is 45.9 Å². The minimum atomic E-state index is -4.80. The summed E-state index contributed by atoms with van der Waals surface area (Å²) in [5.74, 6) is -0.573. The summed E-state index contributed by atoms with van der Waals surface area (Å²) in [5, 5.41) is 17.7. The van der Waals surface area contributed by atoms with Crippen LogP contribution in [0, 0.1) is 6.92 Å². The number of urea groups is 1. The summed E-state index contributed by atoms with van der Waals surface area (Å²) < 4.78 is 48.2. The van der Waals surface area contributed by atoms with Gasteiger partial charge in [-0.25, -0.2) is 14.5 Å². The molecule has 3 amide bonds. The highest BCUT2D eigenvalue weighted by Gasteiger charge is 2.33. The average Bonchev–Trinajstić information content (AvgIpc) is 3.61. The number of amides is 3. The first-order valence-electron chi connectivity index (χ1n) is 13.6. The Morgan fingerprint density at radius 1 is 1.16 bits per heavy atom. The molecule has 1 aliphatic heterocycles. The number of benzene rings is 3. The van der Waals surface area contributed by atoms with Crippen molar-refractivity contribution in [3.63, 3.8) is 0 Å². The van der Waals surface area contributed by atoms with E-state index in [9.17, 15) is 27.9 Å². The number of amidine groups is 1. The number of rotatable bonds is 8. The third-order valence-electron chi connectivity index (χ3n) is 6.57. The first-order chi connectivity index (χ1) is 21.4. The fraction of sp³-hybridized carbons (Fsp3) is 0.233. The van der Waals surface area contributed by atoms with Crippen molar-refractivity contribution in [3.05, 3.63) is 78.1 Å². The number of nitrogens with one attached hydrogen (secondary N) is 1. The lowest BCUT2D eigenvalue weighted by Gasteiger charge is -2.23. The second-order valence-electron chi connectivity index (χ2n) is 9.79. The maximum atomic E-state index is 12.9. The number of carbonyl (C=O) groups is 2. The Kier molecular flexibility index (Phi) is 9.11. The van der Waals surface area contributed by atoms with Crippen LogP contribution in [0.1, 0.15) is 31.1 Å². The summed E-state index contributed by atoms with van der Waals surface area (Å²) in [6, 6.07) is 14.3. The predicted molar refractivity (Wildman–Crippen MR) is 163 cm³/mol. The monoisotopic (exact) mass is 640 g/mol. The number of alkyl halides is 3. The van der Waals surface area contributed by atoms with Crippen LogP contribution in [0.4, 0.5) is 29.3 Å². The number of aromatic nitrogens is 3. The number of ether oxygens (including phenoxy) is 2. The van der Waals surface area contributed by atoms with E-state index in [0.717, 1.165) is 35.0 Å². The van der Waals surface area contributed by atoms with E-state index in [1.165, 1.54) is 40.2 Å². The van der Waals surface area contributed by atoms with Gasteiger partial charge in [-0.1, -0.05) is 23.9 Å². The second kappa shape index (κ2) is 13.0. The number of hydrogen-bond donors (Lipinski definition) is 2. The molecule has 0 spiro atoms. The quantitative estimate of drug-likeness (QED) is 0.206. The van der Waals surface area contributed by atoms with Crippen molar-refractivity contribution >= 4 is 40.2 Å². The van der Waals surface area contributed by atoms with Crippen molar-refractivity contribution in [1.29, 1.82) is 0 Å². The second-order valence-corrected chi connectivity index (χ2v) is 10.7. The van der Waals surface area contributed by atoms with Gasteiger partial charge in [-0.3, -0.25) is 9.69 Å². The molecule has 1 saturated heterocycles. The van der Waals surface area contributed by atoms with E-state index in [1.54, 1.807) is 6.07 Å². The first-order valence-corrected chi connectivity index (χ1v) is 14.6. The first kappa shape index (κ1) is 31.5. The molecule has 5 rings (SSSR count). The summed E-state index contributed by atoms with van der Waals surface area (Å²) in [6.45, 7) is 6.15. The highest BCUT2D eigenvalue weighted by molar-refractivity contribution is 8.15. The van der Waals surface area contributed by atoms with Gasteiger partial charge in [0.15, 0.2) is 11.0 Å². The van der Waals surface area contributed by atoms with Crippen LogP contribution in [0.2, 0.25) is 0 Å². The van der Waals surface area contributed by atoms with Crippen molar-refractivity contribution in [2.75, 3.05) is 22.6 Å². The highest BCUT2D eigenvalue weighted by Crippen LogP contribution is 2.35. The molecule has 1 atom stereocenters. The third kappa shape index (κ3) is 7.44. The normalized spacial score (nSPS) is 15.0. The predicted octanol–water partition coefficient (Wildman–Crippen LogP) is 6.61. The van der Waals surface area contributed by atoms with E-state index < -0.39 is 12.4 Å². The molecule has 234 valence electrons. The molecule has 15 heteroatoms. The Balaban J connectivity index is 1.31. The zero-order valence-electron chi connectivity index (χ0n) is 24.2. The number of aliphatic imine (C=N–C) groups is 1. The number of halogens is 3. The molecule has 0 aliphatic carbocycles. The van der Waals surface area contributed by atoms with E-state index in [2.05, 4.69) is 25.1 Å². The van der Waals surface area contributed by atoms with E-state index in [1.807, 2.05) is 39.0 Å². The SMILES string of the molecule is CCOC(C)c1ccc(C)cc1N1C(=O)CSC1=NC(=O)Nc1ccc(-c2ncn(-c3ccc(OC(F)(F)F)cc3)n2)cc1O. The van der Waals surface area contributed by atoms with Crippen molar-refractivity contribution in [1.82, 2.24) is 14.8 Å². The van der Waals surface area contributed by atoms with Gasteiger partial charge in [0.2, 0.25) is 5.91 Å².